The predicted octanol–water partition coefficient (Wildman–Crippen LogP) is 14.3. The molecule has 6 aliphatic rings. The Morgan fingerprint density at radius 3 is 1.55 bits per heavy atom. The summed E-state index contributed by atoms with van der Waals surface area (Å²) in [5.41, 5.74) is 0. The average Bonchev–Trinajstić information content (AvgIpc) is 4.20. The van der Waals surface area contributed by atoms with Crippen LogP contribution in [0.3, 0.4) is 0 Å². The zero-order valence-electron chi connectivity index (χ0n) is 42.1. The van der Waals surface area contributed by atoms with Crippen molar-refractivity contribution in [2.24, 2.45) is 59.2 Å². The van der Waals surface area contributed by atoms with Gasteiger partial charge in [-0.3, -0.25) is 9.59 Å². The van der Waals surface area contributed by atoms with Crippen LogP contribution in [0.5, 0.6) is 0 Å². The molecule has 6 fully saturated rings. The lowest BCUT2D eigenvalue weighted by Gasteiger charge is -2.28. The molecule has 0 spiro atoms. The van der Waals surface area contributed by atoms with Crippen molar-refractivity contribution in [2.45, 2.75) is 244 Å². The maximum Gasteiger partial charge on any atom is 0.309 e. The van der Waals surface area contributed by atoms with Gasteiger partial charge in [-0.15, -0.1) is 0 Å². The minimum atomic E-state index is -0.220. The Hall–Kier alpha value is -1.18. The van der Waals surface area contributed by atoms with Crippen molar-refractivity contribution in [3.8, 4) is 0 Å². The van der Waals surface area contributed by atoms with E-state index in [2.05, 4.69) is 25.8 Å². The summed E-state index contributed by atoms with van der Waals surface area (Å²) in [6, 6.07) is 0. The molecule has 6 rings (SSSR count). The highest BCUT2D eigenvalue weighted by molar-refractivity contribution is 5.73. The molecule has 7 heteroatoms. The first-order valence-electron chi connectivity index (χ1n) is 28.6. The minimum Gasteiger partial charge on any atom is -0.463 e. The van der Waals surface area contributed by atoms with Gasteiger partial charge in [0, 0.05) is 19.6 Å². The van der Waals surface area contributed by atoms with Gasteiger partial charge in [0.25, 0.3) is 0 Å². The number of ether oxygens (including phenoxy) is 4. The van der Waals surface area contributed by atoms with E-state index in [4.69, 9.17) is 18.9 Å². The summed E-state index contributed by atoms with van der Waals surface area (Å²) in [6.45, 7) is 8.73. The van der Waals surface area contributed by atoms with Crippen molar-refractivity contribution in [3.05, 3.63) is 0 Å². The first-order valence-corrected chi connectivity index (χ1v) is 28.6. The summed E-state index contributed by atoms with van der Waals surface area (Å²) >= 11 is 0. The fraction of sp³-hybridized carbons (Fsp3) is 0.965. The standard InChI is InChI=1S/C57H101NO6/c1-4-6-16-22-46-36-50(46)40-52-38-48(52)24-18-12-8-10-14-20-32-61-42-55(43-63-56(59)35-44-26-27-54(34-44)64-57(60)45-28-30-58(3)31-29-45)62-33-21-15-11-9-13-19-25-49-39-53(49)41-51-37-47(51)23-17-7-5-2/h44-55H,4-43H2,1-3H3. The van der Waals surface area contributed by atoms with E-state index in [1.165, 1.54) is 148 Å². The lowest BCUT2D eigenvalue weighted by molar-refractivity contribution is -0.155. The van der Waals surface area contributed by atoms with E-state index < -0.39 is 0 Å². The van der Waals surface area contributed by atoms with Gasteiger partial charge < -0.3 is 23.8 Å². The van der Waals surface area contributed by atoms with Gasteiger partial charge in [0.2, 0.25) is 0 Å². The van der Waals surface area contributed by atoms with Gasteiger partial charge >= 0.3 is 11.9 Å². The molecule has 5 saturated carbocycles. The SMILES string of the molecule is CCCCCC1CC1CC1CC1CCCCCCCCOCC(COC(=O)CC1CCC(OC(=O)C2CCN(C)CC2)C1)OCCCCCCCCC1CC1CC1CC1CCCCC. The Kier molecular flexibility index (Phi) is 24.2. The number of hydrogen-bond acceptors (Lipinski definition) is 7. The quantitative estimate of drug-likeness (QED) is 0.0449. The highest BCUT2D eigenvalue weighted by atomic mass is 16.6. The van der Waals surface area contributed by atoms with Crippen LogP contribution >= 0.6 is 0 Å². The number of rotatable bonds is 39. The van der Waals surface area contributed by atoms with E-state index in [9.17, 15) is 9.59 Å². The molecule has 11 unspecified atom stereocenters. The fourth-order valence-electron chi connectivity index (χ4n) is 12.4. The second kappa shape index (κ2) is 29.7. The summed E-state index contributed by atoms with van der Waals surface area (Å²) in [6.07, 6.45) is 43.5. The van der Waals surface area contributed by atoms with Gasteiger partial charge in [-0.25, -0.2) is 0 Å². The normalized spacial score (nSPS) is 30.4. The molecular formula is C57H101NO6. The molecule has 1 saturated heterocycles. The number of unbranched alkanes of at least 4 members (excludes halogenated alkanes) is 14. The zero-order valence-corrected chi connectivity index (χ0v) is 42.1. The number of likely N-dealkylation sites (tertiary alicyclic amines) is 1. The molecule has 7 nitrogen and oxygen atoms in total. The Morgan fingerprint density at radius 2 is 1.02 bits per heavy atom. The topological polar surface area (TPSA) is 74.3 Å². The molecule has 0 aromatic carbocycles. The summed E-state index contributed by atoms with van der Waals surface area (Å²) in [4.78, 5) is 28.1. The molecule has 1 heterocycles. The minimum absolute atomic E-state index is 0.0222. The summed E-state index contributed by atoms with van der Waals surface area (Å²) in [7, 11) is 2.11. The second-order valence-electron chi connectivity index (χ2n) is 23.1. The van der Waals surface area contributed by atoms with Crippen LogP contribution in [0.2, 0.25) is 0 Å². The van der Waals surface area contributed by atoms with Crippen molar-refractivity contribution in [2.75, 3.05) is 46.6 Å². The first kappa shape index (κ1) is 52.2. The van der Waals surface area contributed by atoms with E-state index >= 15 is 0 Å². The van der Waals surface area contributed by atoms with Crippen LogP contribution in [0.25, 0.3) is 0 Å². The van der Waals surface area contributed by atoms with Gasteiger partial charge in [-0.1, -0.05) is 142 Å². The van der Waals surface area contributed by atoms with Crippen LogP contribution in [-0.2, 0) is 28.5 Å². The van der Waals surface area contributed by atoms with Crippen molar-refractivity contribution < 1.29 is 28.5 Å². The van der Waals surface area contributed by atoms with Crippen LogP contribution in [0.1, 0.15) is 232 Å². The molecule has 0 aromatic heterocycles. The maximum atomic E-state index is 13.0. The Morgan fingerprint density at radius 1 is 0.531 bits per heavy atom. The first-order chi connectivity index (χ1) is 31.4. The van der Waals surface area contributed by atoms with Crippen LogP contribution in [0.4, 0.5) is 0 Å². The number of piperidine rings is 1. The van der Waals surface area contributed by atoms with Crippen LogP contribution in [0, 0.1) is 59.2 Å². The third-order valence-corrected chi connectivity index (χ3v) is 17.3. The molecule has 0 radical (unpaired) electrons. The molecule has 5 aliphatic carbocycles. The number of hydrogen-bond donors (Lipinski definition) is 0. The van der Waals surface area contributed by atoms with E-state index in [0.717, 1.165) is 112 Å². The highest BCUT2D eigenvalue weighted by Gasteiger charge is 2.45. The molecule has 64 heavy (non-hydrogen) atoms. The van der Waals surface area contributed by atoms with Gasteiger partial charge in [-0.2, -0.15) is 0 Å². The van der Waals surface area contributed by atoms with Crippen LogP contribution < -0.4 is 0 Å². The van der Waals surface area contributed by atoms with Crippen molar-refractivity contribution >= 4 is 11.9 Å². The lowest BCUT2D eigenvalue weighted by Crippen LogP contribution is -2.35. The zero-order chi connectivity index (χ0) is 44.8. The largest absolute Gasteiger partial charge is 0.463 e. The van der Waals surface area contributed by atoms with Crippen molar-refractivity contribution in [1.82, 2.24) is 4.90 Å². The molecule has 11 atom stereocenters. The number of carbonyl (C=O) groups is 2. The Labute approximate surface area is 394 Å². The monoisotopic (exact) mass is 896 g/mol. The molecule has 370 valence electrons. The van der Waals surface area contributed by atoms with E-state index in [1.807, 2.05) is 0 Å². The van der Waals surface area contributed by atoms with Gasteiger partial charge in [0.05, 0.1) is 12.5 Å². The molecule has 0 amide bonds. The van der Waals surface area contributed by atoms with E-state index in [0.29, 0.717) is 19.6 Å². The van der Waals surface area contributed by atoms with Crippen molar-refractivity contribution in [3.63, 3.8) is 0 Å². The number of esters is 2. The fourth-order valence-corrected chi connectivity index (χ4v) is 12.4. The third-order valence-electron chi connectivity index (χ3n) is 17.3. The van der Waals surface area contributed by atoms with Crippen LogP contribution in [-0.4, -0.2) is 75.6 Å². The van der Waals surface area contributed by atoms with Gasteiger partial charge in [0.15, 0.2) is 0 Å². The average molecular weight is 896 g/mol. The van der Waals surface area contributed by atoms with E-state index in [1.54, 1.807) is 19.3 Å². The lowest BCUT2D eigenvalue weighted by atomic mass is 9.97. The maximum absolute atomic E-state index is 13.0. The van der Waals surface area contributed by atoms with E-state index in [-0.39, 0.29) is 42.6 Å². The van der Waals surface area contributed by atoms with Crippen molar-refractivity contribution in [1.29, 1.82) is 0 Å². The Balaban J connectivity index is 0.772. The summed E-state index contributed by atoms with van der Waals surface area (Å²) in [5, 5.41) is 0. The van der Waals surface area contributed by atoms with Gasteiger partial charge in [-0.05, 0) is 157 Å². The highest BCUT2D eigenvalue weighted by Crippen LogP contribution is 2.55. The third kappa shape index (κ3) is 21.0. The predicted molar refractivity (Wildman–Crippen MR) is 262 cm³/mol. The number of carbonyl (C=O) groups excluding carboxylic acids is 2. The molecule has 0 N–H and O–H groups in total. The molecular weight excluding hydrogens is 795 g/mol. The summed E-state index contributed by atoms with van der Waals surface area (Å²) < 4.78 is 24.2. The molecule has 0 bridgehead atoms. The Bertz CT molecular complexity index is 1270. The second-order valence-corrected chi connectivity index (χ2v) is 23.1. The van der Waals surface area contributed by atoms with Crippen LogP contribution in [0.15, 0.2) is 0 Å². The smallest absolute Gasteiger partial charge is 0.309 e. The molecule has 0 aromatic rings. The molecule has 1 aliphatic heterocycles. The summed E-state index contributed by atoms with van der Waals surface area (Å²) in [5.74, 6) is 8.64. The van der Waals surface area contributed by atoms with Gasteiger partial charge in [0.1, 0.15) is 18.8 Å². The number of nitrogens with zero attached hydrogens (tertiary/aromatic N) is 1.